The number of hydrogen-bond acceptors (Lipinski definition) is 5. The van der Waals surface area contributed by atoms with Crippen LogP contribution in [0.1, 0.15) is 31.2 Å². The molecule has 2 aliphatic heterocycles. The first-order chi connectivity index (χ1) is 9.60. The fourth-order valence-corrected chi connectivity index (χ4v) is 3.57. The molecule has 0 amide bonds. The van der Waals surface area contributed by atoms with Crippen LogP contribution in [-0.2, 0) is 6.61 Å². The number of piperidine rings is 1. The average molecular weight is 278 g/mol. The van der Waals surface area contributed by atoms with Crippen LogP contribution < -0.4 is 4.90 Å². The van der Waals surface area contributed by atoms with Gasteiger partial charge in [-0.3, -0.25) is 10.1 Å². The molecule has 1 aromatic rings. The summed E-state index contributed by atoms with van der Waals surface area (Å²) >= 11 is 0. The topological polar surface area (TPSA) is 86.8 Å². The maximum Gasteiger partial charge on any atom is 0.292 e. The Morgan fingerprint density at radius 2 is 1.95 bits per heavy atom. The Morgan fingerprint density at radius 1 is 1.30 bits per heavy atom. The molecule has 2 bridgehead atoms. The van der Waals surface area contributed by atoms with E-state index in [1.165, 1.54) is 6.07 Å². The van der Waals surface area contributed by atoms with Crippen LogP contribution in [-0.4, -0.2) is 33.3 Å². The van der Waals surface area contributed by atoms with Gasteiger partial charge in [0.2, 0.25) is 0 Å². The lowest BCUT2D eigenvalue weighted by atomic mass is 9.98. The molecule has 3 rings (SSSR count). The zero-order chi connectivity index (χ0) is 14.3. The molecule has 2 aliphatic rings. The van der Waals surface area contributed by atoms with Gasteiger partial charge in [-0.15, -0.1) is 0 Å². The van der Waals surface area contributed by atoms with E-state index in [4.69, 9.17) is 5.11 Å². The van der Waals surface area contributed by atoms with Gasteiger partial charge in [-0.05, 0) is 37.3 Å². The number of aliphatic hydroxyl groups excluding tert-OH is 2. The highest BCUT2D eigenvalue weighted by Crippen LogP contribution is 2.43. The van der Waals surface area contributed by atoms with Crippen molar-refractivity contribution >= 4 is 11.4 Å². The summed E-state index contributed by atoms with van der Waals surface area (Å²) in [7, 11) is 0. The third kappa shape index (κ3) is 2.14. The van der Waals surface area contributed by atoms with Crippen molar-refractivity contribution in [3.8, 4) is 0 Å². The summed E-state index contributed by atoms with van der Waals surface area (Å²) in [6, 6.07) is 5.27. The van der Waals surface area contributed by atoms with E-state index in [2.05, 4.69) is 4.90 Å². The van der Waals surface area contributed by atoms with E-state index < -0.39 is 0 Å². The van der Waals surface area contributed by atoms with Crippen LogP contribution in [0.2, 0.25) is 0 Å². The number of benzene rings is 1. The van der Waals surface area contributed by atoms with Crippen LogP contribution in [0.5, 0.6) is 0 Å². The summed E-state index contributed by atoms with van der Waals surface area (Å²) in [5.74, 6) is 0. The monoisotopic (exact) mass is 278 g/mol. The highest BCUT2D eigenvalue weighted by atomic mass is 16.6. The summed E-state index contributed by atoms with van der Waals surface area (Å²) in [5, 5.41) is 30.2. The lowest BCUT2D eigenvalue weighted by Crippen LogP contribution is -2.45. The maximum absolute atomic E-state index is 11.3. The third-order valence-corrected chi connectivity index (χ3v) is 4.41. The molecule has 0 saturated carbocycles. The summed E-state index contributed by atoms with van der Waals surface area (Å²) in [6.07, 6.45) is 3.01. The van der Waals surface area contributed by atoms with E-state index in [0.29, 0.717) is 24.1 Å². The third-order valence-electron chi connectivity index (χ3n) is 4.41. The molecule has 0 aliphatic carbocycles. The lowest BCUT2D eigenvalue weighted by molar-refractivity contribution is -0.384. The Kier molecular flexibility index (Phi) is 3.35. The molecule has 2 fully saturated rings. The SMILES string of the molecule is O=[N+]([O-])c1cc(CO)ccc1N1C2CCC1CC(O)C2. The lowest BCUT2D eigenvalue weighted by Gasteiger charge is -2.38. The van der Waals surface area contributed by atoms with Gasteiger partial charge < -0.3 is 15.1 Å². The first kappa shape index (κ1) is 13.3. The van der Waals surface area contributed by atoms with Gasteiger partial charge in [0.1, 0.15) is 5.69 Å². The van der Waals surface area contributed by atoms with E-state index in [-0.39, 0.29) is 35.4 Å². The Morgan fingerprint density at radius 3 is 2.50 bits per heavy atom. The molecule has 2 N–H and O–H groups in total. The van der Waals surface area contributed by atoms with Gasteiger partial charge in [0, 0.05) is 18.2 Å². The number of nitro groups is 1. The second-order valence-electron chi connectivity index (χ2n) is 5.66. The average Bonchev–Trinajstić information content (AvgIpc) is 2.69. The quantitative estimate of drug-likeness (QED) is 0.647. The number of fused-ring (bicyclic) bond motifs is 2. The number of nitrogens with zero attached hydrogens (tertiary/aromatic N) is 2. The predicted molar refractivity (Wildman–Crippen MR) is 73.5 cm³/mol. The Hall–Kier alpha value is -1.66. The first-order valence-electron chi connectivity index (χ1n) is 6.94. The number of aliphatic hydroxyl groups is 2. The van der Waals surface area contributed by atoms with Gasteiger partial charge in [-0.25, -0.2) is 0 Å². The van der Waals surface area contributed by atoms with Crippen molar-refractivity contribution in [2.45, 2.75) is 50.5 Å². The van der Waals surface area contributed by atoms with Crippen molar-refractivity contribution in [1.29, 1.82) is 0 Å². The minimum Gasteiger partial charge on any atom is -0.393 e. The molecule has 1 aromatic carbocycles. The van der Waals surface area contributed by atoms with E-state index in [1.807, 2.05) is 0 Å². The molecule has 2 heterocycles. The summed E-state index contributed by atoms with van der Waals surface area (Å²) in [6.45, 7) is -0.202. The molecule has 2 atom stereocenters. The summed E-state index contributed by atoms with van der Waals surface area (Å²) in [5.41, 5.74) is 1.21. The van der Waals surface area contributed by atoms with Crippen molar-refractivity contribution in [2.24, 2.45) is 0 Å². The molecule has 6 nitrogen and oxygen atoms in total. The standard InChI is InChI=1S/C14H18N2O4/c17-8-9-1-4-13(14(5-9)16(19)20)15-10-2-3-11(15)7-12(18)6-10/h1,4-5,10-12,17-18H,2-3,6-8H2. The molecule has 0 spiro atoms. The van der Waals surface area contributed by atoms with Crippen molar-refractivity contribution in [3.63, 3.8) is 0 Å². The Bertz CT molecular complexity index is 520. The minimum atomic E-state index is -0.390. The molecule has 2 saturated heterocycles. The second-order valence-corrected chi connectivity index (χ2v) is 5.66. The number of anilines is 1. The molecule has 0 aromatic heterocycles. The van der Waals surface area contributed by atoms with Crippen molar-refractivity contribution in [2.75, 3.05) is 4.90 Å². The van der Waals surface area contributed by atoms with E-state index in [0.717, 1.165) is 12.8 Å². The van der Waals surface area contributed by atoms with Crippen LogP contribution in [0.3, 0.4) is 0 Å². The predicted octanol–water partition coefficient (Wildman–Crippen LogP) is 1.58. The van der Waals surface area contributed by atoms with Crippen LogP contribution in [0, 0.1) is 10.1 Å². The molecule has 0 radical (unpaired) electrons. The minimum absolute atomic E-state index is 0.0461. The second kappa shape index (κ2) is 5.03. The fourth-order valence-electron chi connectivity index (χ4n) is 3.57. The molecule has 20 heavy (non-hydrogen) atoms. The molecule has 108 valence electrons. The zero-order valence-corrected chi connectivity index (χ0v) is 11.1. The van der Waals surface area contributed by atoms with Crippen molar-refractivity contribution in [3.05, 3.63) is 33.9 Å². The van der Waals surface area contributed by atoms with Gasteiger partial charge in [0.05, 0.1) is 17.6 Å². The van der Waals surface area contributed by atoms with Gasteiger partial charge >= 0.3 is 0 Å². The summed E-state index contributed by atoms with van der Waals surface area (Å²) < 4.78 is 0. The molecular formula is C14H18N2O4. The number of rotatable bonds is 3. The Labute approximate surface area is 116 Å². The maximum atomic E-state index is 11.3. The van der Waals surface area contributed by atoms with Crippen LogP contribution in [0.25, 0.3) is 0 Å². The smallest absolute Gasteiger partial charge is 0.292 e. The van der Waals surface area contributed by atoms with E-state index in [1.54, 1.807) is 12.1 Å². The van der Waals surface area contributed by atoms with Gasteiger partial charge in [0.15, 0.2) is 0 Å². The Balaban J connectivity index is 2.00. The largest absolute Gasteiger partial charge is 0.393 e. The fraction of sp³-hybridized carbons (Fsp3) is 0.571. The van der Waals surface area contributed by atoms with Crippen LogP contribution in [0.15, 0.2) is 18.2 Å². The highest BCUT2D eigenvalue weighted by Gasteiger charge is 2.42. The van der Waals surface area contributed by atoms with Gasteiger partial charge in [-0.2, -0.15) is 0 Å². The van der Waals surface area contributed by atoms with Gasteiger partial charge in [0.25, 0.3) is 5.69 Å². The van der Waals surface area contributed by atoms with Crippen LogP contribution in [0.4, 0.5) is 11.4 Å². The number of hydrogen-bond donors (Lipinski definition) is 2. The van der Waals surface area contributed by atoms with Gasteiger partial charge in [-0.1, -0.05) is 6.07 Å². The first-order valence-corrected chi connectivity index (χ1v) is 6.94. The molecular weight excluding hydrogens is 260 g/mol. The van der Waals surface area contributed by atoms with E-state index >= 15 is 0 Å². The molecule has 6 heteroatoms. The zero-order valence-electron chi connectivity index (χ0n) is 11.1. The normalized spacial score (nSPS) is 28.7. The van der Waals surface area contributed by atoms with E-state index in [9.17, 15) is 15.2 Å². The number of nitro benzene ring substituents is 1. The highest BCUT2D eigenvalue weighted by molar-refractivity contribution is 5.66. The van der Waals surface area contributed by atoms with Crippen molar-refractivity contribution < 1.29 is 15.1 Å². The molecule has 2 unspecified atom stereocenters. The summed E-state index contributed by atoms with van der Waals surface area (Å²) in [4.78, 5) is 13.0. The van der Waals surface area contributed by atoms with Crippen molar-refractivity contribution in [1.82, 2.24) is 0 Å². The van der Waals surface area contributed by atoms with Crippen LogP contribution >= 0.6 is 0 Å².